The van der Waals surface area contributed by atoms with Crippen molar-refractivity contribution in [2.75, 3.05) is 13.1 Å². The minimum absolute atomic E-state index is 0. The van der Waals surface area contributed by atoms with E-state index in [1.807, 2.05) is 6.92 Å². The highest BCUT2D eigenvalue weighted by atomic mass is 19.4. The number of benzene rings is 5. The molecule has 0 unspecified atom stereocenters. The number of hydrogen-bond acceptors (Lipinski definition) is 1. The van der Waals surface area contributed by atoms with Crippen molar-refractivity contribution in [1.29, 1.82) is 0 Å². The van der Waals surface area contributed by atoms with Crippen molar-refractivity contribution < 1.29 is 44.5 Å². The molecular formula is C57H59B2F8NO2. The van der Waals surface area contributed by atoms with E-state index in [9.17, 15) is 25.9 Å². The van der Waals surface area contributed by atoms with Crippen molar-refractivity contribution in [3.05, 3.63) is 206 Å². The normalized spacial score (nSPS) is 13.6. The van der Waals surface area contributed by atoms with Crippen LogP contribution in [0.3, 0.4) is 0 Å². The van der Waals surface area contributed by atoms with Gasteiger partial charge in [-0.3, -0.25) is 25.9 Å². The number of halogens is 8. The predicted molar refractivity (Wildman–Crippen MR) is 270 cm³/mol. The van der Waals surface area contributed by atoms with Crippen LogP contribution >= 0.6 is 0 Å². The molecule has 0 bridgehead atoms. The zero-order valence-corrected chi connectivity index (χ0v) is 40.4. The Hall–Kier alpha value is -6.49. The average Bonchev–Trinajstić information content (AvgIpc) is 3.35. The first-order chi connectivity index (χ1) is 32.8. The van der Waals surface area contributed by atoms with E-state index in [0.29, 0.717) is 0 Å². The van der Waals surface area contributed by atoms with Crippen molar-refractivity contribution in [1.82, 2.24) is 4.58 Å². The van der Waals surface area contributed by atoms with Crippen LogP contribution < -0.4 is 24.6 Å². The summed E-state index contributed by atoms with van der Waals surface area (Å²) in [5.41, 5.74) is 15.5. The van der Waals surface area contributed by atoms with Crippen LogP contribution in [0.15, 0.2) is 150 Å². The van der Waals surface area contributed by atoms with Gasteiger partial charge in [0, 0.05) is 41.2 Å². The molecule has 0 amide bonds. The third-order valence-electron chi connectivity index (χ3n) is 12.2. The maximum atomic E-state index is 9.67. The van der Waals surface area contributed by atoms with E-state index in [4.69, 9.17) is 9.15 Å². The molecule has 4 heterocycles. The Morgan fingerprint density at radius 1 is 0.529 bits per heavy atom. The van der Waals surface area contributed by atoms with Crippen molar-refractivity contribution in [3.63, 3.8) is 0 Å². The van der Waals surface area contributed by atoms with Crippen LogP contribution in [0.25, 0.3) is 39.9 Å². The number of rotatable bonds is 9. The first-order valence-electron chi connectivity index (χ1n) is 23.6. The average molecular weight is 964 g/mol. The molecule has 3 aliphatic heterocycles. The van der Waals surface area contributed by atoms with Crippen molar-refractivity contribution in [2.24, 2.45) is 0 Å². The fraction of sp³-hybridized carbons (Fsp3) is 0.263. The zero-order chi connectivity index (χ0) is 48.6. The van der Waals surface area contributed by atoms with Gasteiger partial charge in [-0.1, -0.05) is 119 Å². The van der Waals surface area contributed by atoms with Gasteiger partial charge in [-0.25, -0.2) is 8.99 Å². The molecule has 0 saturated heterocycles. The van der Waals surface area contributed by atoms with E-state index in [1.165, 1.54) is 105 Å². The van der Waals surface area contributed by atoms with E-state index in [0.717, 1.165) is 59.8 Å². The van der Waals surface area contributed by atoms with Gasteiger partial charge >= 0.3 is 26.6 Å². The molecular weight excluding hydrogens is 904 g/mol. The van der Waals surface area contributed by atoms with Gasteiger partial charge in [-0.05, 0) is 125 Å². The van der Waals surface area contributed by atoms with Gasteiger partial charge in [0.25, 0.3) is 0 Å². The molecule has 13 heteroatoms. The molecule has 0 spiro atoms. The molecule has 6 aromatic rings. The molecule has 3 aliphatic rings. The molecule has 0 atom stereocenters. The van der Waals surface area contributed by atoms with Crippen molar-refractivity contribution >= 4 is 32.5 Å². The SMILES string of the molecule is CCc1ccc(-c2cc(C)[o+]c(-c3ccc(CC)cc3)c2)cc1.CCc1ccc(C2=CC(=CC=c3cc4c5c(c3)CCC[N+]=5CCC4)OC(c3ccc(CC)cc3)=C2)cc1.FB(F)F.FB(F)F.[F-].[F-]. The Morgan fingerprint density at radius 3 is 1.41 bits per heavy atom. The van der Waals surface area contributed by atoms with Gasteiger partial charge in [-0.15, -0.1) is 0 Å². The molecule has 0 saturated carbocycles. The van der Waals surface area contributed by atoms with Gasteiger partial charge < -0.3 is 14.1 Å². The summed E-state index contributed by atoms with van der Waals surface area (Å²) in [7, 11) is -7.33. The lowest BCUT2D eigenvalue weighted by Crippen LogP contribution is -3.00. The zero-order valence-electron chi connectivity index (χ0n) is 40.4. The highest BCUT2D eigenvalue weighted by Crippen LogP contribution is 2.33. The first-order valence-corrected chi connectivity index (χ1v) is 23.6. The van der Waals surface area contributed by atoms with Gasteiger partial charge in [0.05, 0.1) is 18.6 Å². The second-order valence-electron chi connectivity index (χ2n) is 16.8. The maximum absolute atomic E-state index is 9.67. The lowest BCUT2D eigenvalue weighted by Gasteiger charge is -2.19. The molecule has 5 aromatic carbocycles. The van der Waals surface area contributed by atoms with Gasteiger partial charge in [0.2, 0.25) is 5.36 Å². The molecule has 0 fully saturated rings. The van der Waals surface area contributed by atoms with E-state index in [-0.39, 0.29) is 9.41 Å². The Morgan fingerprint density at radius 2 is 0.957 bits per heavy atom. The standard InChI is InChI=1S/C35H36NO.C22H23O.2BF3.2FH/c1-3-25-9-14-28(15-10-25)32-23-33(37-34(24-32)29-16-11-26(4-2)12-17-29)18-13-27-21-30-7-5-19-36-20-6-8-31(22-27)35(30)36;1-4-17-6-10-19(11-7-17)21-14-16(3)23-22(15-21)20-12-8-18(5-2)9-13-20;2*2-1(3)4;;/h9-18,21-24H,3-8,19-20H2,1-2H3;6-15H,4-5H2,1-3H3;;;2*1H/q2*+1;;;;/p-2. The van der Waals surface area contributed by atoms with Crippen LogP contribution in [0.2, 0.25) is 0 Å². The highest BCUT2D eigenvalue weighted by molar-refractivity contribution is 6.33. The van der Waals surface area contributed by atoms with Crippen LogP contribution in [0.5, 0.6) is 0 Å². The molecule has 0 radical (unpaired) electrons. The topological polar surface area (TPSA) is 23.5 Å². The highest BCUT2D eigenvalue weighted by Gasteiger charge is 2.23. The van der Waals surface area contributed by atoms with E-state index in [1.54, 1.807) is 0 Å². The lowest BCUT2D eigenvalue weighted by atomic mass is 9.95. The van der Waals surface area contributed by atoms with E-state index >= 15 is 0 Å². The van der Waals surface area contributed by atoms with Crippen molar-refractivity contribution in [2.45, 2.75) is 86.0 Å². The van der Waals surface area contributed by atoms with Crippen LogP contribution in [-0.2, 0) is 43.3 Å². The monoisotopic (exact) mass is 963 g/mol. The summed E-state index contributed by atoms with van der Waals surface area (Å²) in [5.74, 6) is 3.62. The summed E-state index contributed by atoms with van der Waals surface area (Å²) < 4.78 is 73.0. The predicted octanol–water partition coefficient (Wildman–Crippen LogP) is 8.11. The number of hydrogen-bond donors (Lipinski definition) is 0. The van der Waals surface area contributed by atoms with E-state index < -0.39 is 15.1 Å². The fourth-order valence-corrected chi connectivity index (χ4v) is 8.64. The van der Waals surface area contributed by atoms with E-state index in [2.05, 4.69) is 178 Å². The largest absolute Gasteiger partial charge is 1.00 e. The quantitative estimate of drug-likeness (QED) is 0.0634. The second kappa shape index (κ2) is 27.6. The Bertz CT molecular complexity index is 2710. The molecule has 9 rings (SSSR count). The van der Waals surface area contributed by atoms with Gasteiger partial charge in [0.15, 0.2) is 0 Å². The summed E-state index contributed by atoms with van der Waals surface area (Å²) in [6.45, 7) is 13.2. The molecule has 0 aliphatic carbocycles. The van der Waals surface area contributed by atoms with Crippen LogP contribution in [0.4, 0.5) is 25.9 Å². The Kier molecular flexibility index (Phi) is 22.1. The van der Waals surface area contributed by atoms with Gasteiger partial charge in [0.1, 0.15) is 24.6 Å². The molecule has 3 nitrogen and oxygen atoms in total. The summed E-state index contributed by atoms with van der Waals surface area (Å²) in [6, 6.07) is 44.1. The first kappa shape index (κ1) is 56.1. The molecule has 366 valence electrons. The lowest BCUT2D eigenvalue weighted by molar-refractivity contribution is -0.001000. The Labute approximate surface area is 407 Å². The Balaban J connectivity index is 0.000000277. The summed E-state index contributed by atoms with van der Waals surface area (Å²) in [4.78, 5) is 0. The fourth-order valence-electron chi connectivity index (χ4n) is 8.64. The smallest absolute Gasteiger partial charge is 0.762 e. The maximum Gasteiger partial charge on any atom is 0.762 e. The minimum atomic E-state index is -3.67. The number of ether oxygens (including phenoxy) is 1. The molecule has 0 N–H and O–H groups in total. The molecule has 1 aromatic heterocycles. The third kappa shape index (κ3) is 16.0. The third-order valence-corrected chi connectivity index (χ3v) is 12.2. The number of allylic oxidation sites excluding steroid dienone is 4. The summed E-state index contributed by atoms with van der Waals surface area (Å²) in [5, 5.41) is 2.80. The minimum Gasteiger partial charge on any atom is -1.00 e. The summed E-state index contributed by atoms with van der Waals surface area (Å²) in [6.07, 6.45) is 17.8. The number of nitrogens with zero attached hydrogens (tertiary/aromatic N) is 1. The van der Waals surface area contributed by atoms with Crippen LogP contribution in [0.1, 0.15) is 90.8 Å². The molecule has 70 heavy (non-hydrogen) atoms. The number of aryl methyl sites for hydroxylation is 7. The summed E-state index contributed by atoms with van der Waals surface area (Å²) >= 11 is 0. The van der Waals surface area contributed by atoms with Crippen molar-refractivity contribution in [3.8, 4) is 22.5 Å². The van der Waals surface area contributed by atoms with Gasteiger partial charge in [-0.2, -0.15) is 0 Å². The van der Waals surface area contributed by atoms with Crippen LogP contribution in [-0.4, -0.2) is 28.2 Å². The second-order valence-corrected chi connectivity index (χ2v) is 16.8. The van der Waals surface area contributed by atoms with Crippen LogP contribution in [0, 0.1) is 6.92 Å².